The van der Waals surface area contributed by atoms with Gasteiger partial charge in [-0.25, -0.2) is 0 Å². The Hall–Kier alpha value is -0.120. The van der Waals surface area contributed by atoms with Gasteiger partial charge in [-0.15, -0.1) is 0 Å². The van der Waals surface area contributed by atoms with Crippen molar-refractivity contribution < 1.29 is 14.2 Å². The molecule has 2 heterocycles. The van der Waals surface area contributed by atoms with Gasteiger partial charge in [-0.2, -0.15) is 0 Å². The molecular weight excluding hydrogens is 156 g/mol. The van der Waals surface area contributed by atoms with Crippen LogP contribution in [0.2, 0.25) is 0 Å². The number of rotatable bonds is 4. The van der Waals surface area contributed by atoms with Crippen molar-refractivity contribution in [2.75, 3.05) is 33.0 Å². The number of hydrogen-bond acceptors (Lipinski definition) is 3. The van der Waals surface area contributed by atoms with Gasteiger partial charge in [-0.1, -0.05) is 0 Å². The largest absolute Gasteiger partial charge is 0.381 e. The molecule has 2 aliphatic heterocycles. The van der Waals surface area contributed by atoms with E-state index >= 15 is 0 Å². The molecule has 0 aromatic carbocycles. The van der Waals surface area contributed by atoms with Gasteiger partial charge < -0.3 is 14.2 Å². The molecule has 0 saturated carbocycles. The second-order valence-corrected chi connectivity index (χ2v) is 3.98. The van der Waals surface area contributed by atoms with Crippen molar-refractivity contribution in [1.82, 2.24) is 0 Å². The van der Waals surface area contributed by atoms with Crippen LogP contribution in [0.25, 0.3) is 0 Å². The standard InChI is InChI=1S/C9H16O3/c1-9(7-12-9)6-11-5-8-2-3-10-4-8/h8H,2-7H2,1H3. The summed E-state index contributed by atoms with van der Waals surface area (Å²) in [6.07, 6.45) is 1.15. The van der Waals surface area contributed by atoms with E-state index in [4.69, 9.17) is 14.2 Å². The van der Waals surface area contributed by atoms with Gasteiger partial charge in [0.05, 0.1) is 26.4 Å². The van der Waals surface area contributed by atoms with E-state index in [-0.39, 0.29) is 5.60 Å². The highest BCUT2D eigenvalue weighted by atomic mass is 16.6. The van der Waals surface area contributed by atoms with Gasteiger partial charge >= 0.3 is 0 Å². The van der Waals surface area contributed by atoms with Crippen molar-refractivity contribution in [1.29, 1.82) is 0 Å². The third-order valence-electron chi connectivity index (χ3n) is 2.42. The molecule has 2 saturated heterocycles. The molecule has 2 unspecified atom stereocenters. The molecule has 0 radical (unpaired) electrons. The summed E-state index contributed by atoms with van der Waals surface area (Å²) in [4.78, 5) is 0. The minimum atomic E-state index is 0.0411. The van der Waals surface area contributed by atoms with Crippen molar-refractivity contribution in [3.63, 3.8) is 0 Å². The Morgan fingerprint density at radius 3 is 3.00 bits per heavy atom. The highest BCUT2D eigenvalue weighted by Crippen LogP contribution is 2.26. The Morgan fingerprint density at radius 2 is 2.42 bits per heavy atom. The van der Waals surface area contributed by atoms with E-state index in [0.29, 0.717) is 5.92 Å². The van der Waals surface area contributed by atoms with Crippen molar-refractivity contribution in [2.24, 2.45) is 5.92 Å². The van der Waals surface area contributed by atoms with Crippen LogP contribution < -0.4 is 0 Å². The molecule has 70 valence electrons. The van der Waals surface area contributed by atoms with Crippen molar-refractivity contribution >= 4 is 0 Å². The first-order valence-corrected chi connectivity index (χ1v) is 4.58. The first-order valence-electron chi connectivity index (χ1n) is 4.58. The lowest BCUT2D eigenvalue weighted by Crippen LogP contribution is -2.18. The van der Waals surface area contributed by atoms with Gasteiger partial charge in [0.1, 0.15) is 5.60 Å². The average molecular weight is 172 g/mol. The summed E-state index contributed by atoms with van der Waals surface area (Å²) < 4.78 is 16.0. The maximum Gasteiger partial charge on any atom is 0.112 e. The number of ether oxygens (including phenoxy) is 3. The number of epoxide rings is 1. The van der Waals surface area contributed by atoms with Crippen LogP contribution in [-0.4, -0.2) is 38.6 Å². The van der Waals surface area contributed by atoms with Gasteiger partial charge in [-0.3, -0.25) is 0 Å². The third kappa shape index (κ3) is 2.19. The van der Waals surface area contributed by atoms with Gasteiger partial charge in [0.15, 0.2) is 0 Å². The molecule has 2 fully saturated rings. The van der Waals surface area contributed by atoms with Crippen molar-refractivity contribution in [2.45, 2.75) is 18.9 Å². The highest BCUT2D eigenvalue weighted by Gasteiger charge is 2.39. The topological polar surface area (TPSA) is 31.0 Å². The van der Waals surface area contributed by atoms with Gasteiger partial charge in [0.25, 0.3) is 0 Å². The van der Waals surface area contributed by atoms with E-state index in [1.807, 2.05) is 0 Å². The second kappa shape index (κ2) is 3.32. The molecule has 12 heavy (non-hydrogen) atoms. The smallest absolute Gasteiger partial charge is 0.112 e. The molecule has 0 N–H and O–H groups in total. The molecule has 0 aliphatic carbocycles. The molecule has 2 aliphatic rings. The van der Waals surface area contributed by atoms with Crippen LogP contribution in [0.5, 0.6) is 0 Å². The van der Waals surface area contributed by atoms with E-state index in [2.05, 4.69) is 6.92 Å². The lowest BCUT2D eigenvalue weighted by molar-refractivity contribution is 0.0564. The van der Waals surface area contributed by atoms with E-state index in [0.717, 1.165) is 39.5 Å². The maximum atomic E-state index is 5.54. The Bertz CT molecular complexity index is 148. The fraction of sp³-hybridized carbons (Fsp3) is 1.00. The summed E-state index contributed by atoms with van der Waals surface area (Å²) in [6.45, 7) is 6.29. The van der Waals surface area contributed by atoms with E-state index in [1.165, 1.54) is 0 Å². The monoisotopic (exact) mass is 172 g/mol. The first-order chi connectivity index (χ1) is 5.79. The Labute approximate surface area is 73.0 Å². The summed E-state index contributed by atoms with van der Waals surface area (Å²) in [5.41, 5.74) is 0.0411. The van der Waals surface area contributed by atoms with Gasteiger partial charge in [0, 0.05) is 12.5 Å². The fourth-order valence-electron chi connectivity index (χ4n) is 1.36. The number of hydrogen-bond donors (Lipinski definition) is 0. The van der Waals surface area contributed by atoms with Crippen LogP contribution in [0.4, 0.5) is 0 Å². The molecule has 2 rings (SSSR count). The predicted octanol–water partition coefficient (Wildman–Crippen LogP) is 0.828. The fourth-order valence-corrected chi connectivity index (χ4v) is 1.36. The zero-order valence-corrected chi connectivity index (χ0v) is 7.54. The third-order valence-corrected chi connectivity index (χ3v) is 2.42. The van der Waals surface area contributed by atoms with Crippen LogP contribution in [0.3, 0.4) is 0 Å². The summed E-state index contributed by atoms with van der Waals surface area (Å²) in [5.74, 6) is 0.618. The Balaban J connectivity index is 1.56. The summed E-state index contributed by atoms with van der Waals surface area (Å²) >= 11 is 0. The zero-order valence-electron chi connectivity index (χ0n) is 7.54. The van der Waals surface area contributed by atoms with Crippen LogP contribution in [-0.2, 0) is 14.2 Å². The molecule has 2 atom stereocenters. The molecule has 0 spiro atoms. The molecule has 0 aromatic rings. The quantitative estimate of drug-likeness (QED) is 0.588. The van der Waals surface area contributed by atoms with E-state index < -0.39 is 0 Å². The van der Waals surface area contributed by atoms with Crippen LogP contribution in [0.15, 0.2) is 0 Å². The maximum absolute atomic E-state index is 5.54. The van der Waals surface area contributed by atoms with E-state index in [1.54, 1.807) is 0 Å². The van der Waals surface area contributed by atoms with Crippen molar-refractivity contribution in [3.8, 4) is 0 Å². The van der Waals surface area contributed by atoms with Crippen molar-refractivity contribution in [3.05, 3.63) is 0 Å². The SMILES string of the molecule is CC1(COCC2CCOC2)CO1. The second-order valence-electron chi connectivity index (χ2n) is 3.98. The normalized spacial score (nSPS) is 40.2. The van der Waals surface area contributed by atoms with Gasteiger partial charge in [0.2, 0.25) is 0 Å². The van der Waals surface area contributed by atoms with Crippen LogP contribution in [0.1, 0.15) is 13.3 Å². The van der Waals surface area contributed by atoms with Crippen LogP contribution in [0, 0.1) is 5.92 Å². The molecule has 3 nitrogen and oxygen atoms in total. The minimum absolute atomic E-state index is 0.0411. The lowest BCUT2D eigenvalue weighted by atomic mass is 10.1. The van der Waals surface area contributed by atoms with E-state index in [9.17, 15) is 0 Å². The Morgan fingerprint density at radius 1 is 1.58 bits per heavy atom. The molecule has 0 bridgehead atoms. The Kier molecular flexibility index (Phi) is 2.35. The average Bonchev–Trinajstić information content (AvgIpc) is 2.61. The lowest BCUT2D eigenvalue weighted by Gasteiger charge is -2.10. The summed E-state index contributed by atoms with van der Waals surface area (Å²) in [5, 5.41) is 0. The van der Waals surface area contributed by atoms with Gasteiger partial charge in [-0.05, 0) is 13.3 Å². The summed E-state index contributed by atoms with van der Waals surface area (Å²) in [6, 6.07) is 0. The van der Waals surface area contributed by atoms with Crippen LogP contribution >= 0.6 is 0 Å². The molecule has 0 amide bonds. The molecular formula is C9H16O3. The summed E-state index contributed by atoms with van der Waals surface area (Å²) in [7, 11) is 0. The predicted molar refractivity (Wildman–Crippen MR) is 44.1 cm³/mol. The highest BCUT2D eigenvalue weighted by molar-refractivity contribution is 4.86. The zero-order chi connectivity index (χ0) is 8.44. The first kappa shape index (κ1) is 8.48. The molecule has 3 heteroatoms. The minimum Gasteiger partial charge on any atom is -0.381 e. The molecule has 0 aromatic heterocycles.